The van der Waals surface area contributed by atoms with Crippen molar-refractivity contribution < 1.29 is 0 Å². The van der Waals surface area contributed by atoms with Crippen molar-refractivity contribution in [3.05, 3.63) is 0 Å². The van der Waals surface area contributed by atoms with E-state index in [0.717, 1.165) is 18.0 Å². The van der Waals surface area contributed by atoms with E-state index in [4.69, 9.17) is 0 Å². The Hall–Kier alpha value is -0.120. The van der Waals surface area contributed by atoms with E-state index in [1.807, 2.05) is 0 Å². The first-order chi connectivity index (χ1) is 13.9. The Morgan fingerprint density at radius 1 is 0.667 bits per heavy atom. The highest BCUT2D eigenvalue weighted by Gasteiger charge is 2.54. The van der Waals surface area contributed by atoms with Gasteiger partial charge in [0.25, 0.3) is 0 Å². The van der Waals surface area contributed by atoms with E-state index in [-0.39, 0.29) is 5.54 Å². The van der Waals surface area contributed by atoms with Gasteiger partial charge in [0.2, 0.25) is 0 Å². The number of hydrogen-bond acceptors (Lipinski definition) is 3. The average molecular weight is 418 g/mol. The highest BCUT2D eigenvalue weighted by Crippen LogP contribution is 2.54. The van der Waals surface area contributed by atoms with Crippen LogP contribution in [0, 0.1) is 22.2 Å². The summed E-state index contributed by atoms with van der Waals surface area (Å²) in [6.45, 7) is 27.8. The van der Waals surface area contributed by atoms with Gasteiger partial charge in [-0.2, -0.15) is 0 Å². The van der Waals surface area contributed by atoms with Gasteiger partial charge in [-0.15, -0.1) is 0 Å². The van der Waals surface area contributed by atoms with Crippen molar-refractivity contribution >= 4 is 0 Å². The molecule has 0 aromatic carbocycles. The summed E-state index contributed by atoms with van der Waals surface area (Å²) in [6, 6.07) is 1.45. The SMILES string of the molecule is CC(C)N1CC2(CCC(C(C)(C)C(C)(C)N3CCC4(CC3)CN(C(C)C)C4)CC2)C1. The van der Waals surface area contributed by atoms with Crippen LogP contribution in [-0.2, 0) is 0 Å². The maximum absolute atomic E-state index is 2.88. The molecule has 3 saturated heterocycles. The van der Waals surface area contributed by atoms with E-state index in [1.54, 1.807) is 0 Å². The standard InChI is InChI=1S/C27H51N3/c1-21(2)28-17-26(18-28)11-9-23(10-12-26)24(5,6)25(7,8)30-15-13-27(14-16-30)19-29(20-27)22(3)4/h21-23H,9-20H2,1-8H3. The van der Waals surface area contributed by atoms with Gasteiger partial charge in [-0.05, 0) is 115 Å². The molecule has 0 atom stereocenters. The summed E-state index contributed by atoms with van der Waals surface area (Å²) in [7, 11) is 0. The zero-order valence-corrected chi connectivity index (χ0v) is 21.6. The van der Waals surface area contributed by atoms with Gasteiger partial charge >= 0.3 is 0 Å². The third kappa shape index (κ3) is 3.79. The maximum Gasteiger partial charge on any atom is 0.0206 e. The van der Waals surface area contributed by atoms with Gasteiger partial charge in [-0.3, -0.25) is 14.7 Å². The molecular weight excluding hydrogens is 366 g/mol. The summed E-state index contributed by atoms with van der Waals surface area (Å²) in [6.07, 6.45) is 8.65. The maximum atomic E-state index is 2.88. The van der Waals surface area contributed by atoms with Gasteiger partial charge in [0.05, 0.1) is 0 Å². The van der Waals surface area contributed by atoms with Crippen LogP contribution in [0.1, 0.15) is 93.9 Å². The Bertz CT molecular complexity index is 534. The number of nitrogens with zero attached hydrogens (tertiary/aromatic N) is 3. The molecule has 3 aliphatic heterocycles. The minimum Gasteiger partial charge on any atom is -0.300 e. The van der Waals surface area contributed by atoms with Crippen molar-refractivity contribution in [3.8, 4) is 0 Å². The molecule has 3 heterocycles. The van der Waals surface area contributed by atoms with Crippen molar-refractivity contribution in [3.63, 3.8) is 0 Å². The average Bonchev–Trinajstić information content (AvgIpc) is 2.63. The van der Waals surface area contributed by atoms with Gasteiger partial charge in [0.15, 0.2) is 0 Å². The normalized spacial score (nSPS) is 29.0. The van der Waals surface area contributed by atoms with Crippen LogP contribution in [0.15, 0.2) is 0 Å². The van der Waals surface area contributed by atoms with Crippen molar-refractivity contribution in [1.29, 1.82) is 0 Å². The summed E-state index contributed by atoms with van der Waals surface area (Å²) in [5, 5.41) is 0. The Labute approximate surface area is 187 Å². The van der Waals surface area contributed by atoms with E-state index in [0.29, 0.717) is 16.2 Å². The molecule has 30 heavy (non-hydrogen) atoms. The van der Waals surface area contributed by atoms with Crippen molar-refractivity contribution in [2.24, 2.45) is 22.2 Å². The Kier molecular flexibility index (Phi) is 5.94. The fourth-order valence-electron chi connectivity index (χ4n) is 7.39. The lowest BCUT2D eigenvalue weighted by atomic mass is 9.56. The van der Waals surface area contributed by atoms with Crippen molar-refractivity contribution in [2.45, 2.75) is 112 Å². The van der Waals surface area contributed by atoms with Crippen LogP contribution in [0.5, 0.6) is 0 Å². The second kappa shape index (κ2) is 7.73. The van der Waals surface area contributed by atoms with Crippen LogP contribution in [0.3, 0.4) is 0 Å². The lowest BCUT2D eigenvalue weighted by Crippen LogP contribution is -2.66. The fraction of sp³-hybridized carbons (Fsp3) is 1.00. The first-order valence-electron chi connectivity index (χ1n) is 13.1. The van der Waals surface area contributed by atoms with Crippen molar-refractivity contribution in [1.82, 2.24) is 14.7 Å². The molecule has 4 fully saturated rings. The molecule has 1 saturated carbocycles. The lowest BCUT2D eigenvalue weighted by Gasteiger charge is -2.62. The highest BCUT2D eigenvalue weighted by molar-refractivity contribution is 5.07. The predicted octanol–water partition coefficient (Wildman–Crippen LogP) is 5.50. The monoisotopic (exact) mass is 417 g/mol. The van der Waals surface area contributed by atoms with E-state index < -0.39 is 0 Å². The molecule has 0 unspecified atom stereocenters. The van der Waals surface area contributed by atoms with Crippen LogP contribution < -0.4 is 0 Å². The van der Waals surface area contributed by atoms with Crippen LogP contribution >= 0.6 is 0 Å². The van der Waals surface area contributed by atoms with Gasteiger partial charge in [0, 0.05) is 43.8 Å². The van der Waals surface area contributed by atoms with Gasteiger partial charge in [-0.25, -0.2) is 0 Å². The Balaban J connectivity index is 1.32. The van der Waals surface area contributed by atoms with Gasteiger partial charge in [0.1, 0.15) is 0 Å². The summed E-state index contributed by atoms with van der Waals surface area (Å²) < 4.78 is 0. The predicted molar refractivity (Wildman–Crippen MR) is 129 cm³/mol. The third-order valence-electron chi connectivity index (χ3n) is 10.9. The number of piperidine rings is 1. The number of likely N-dealkylation sites (tertiary alicyclic amines) is 3. The second-order valence-corrected chi connectivity index (χ2v) is 13.5. The molecule has 2 spiro atoms. The Morgan fingerprint density at radius 2 is 1.07 bits per heavy atom. The van der Waals surface area contributed by atoms with Crippen molar-refractivity contribution in [2.75, 3.05) is 39.3 Å². The molecule has 0 aromatic rings. The number of rotatable bonds is 5. The molecule has 4 rings (SSSR count). The van der Waals surface area contributed by atoms with Crippen LogP contribution in [0.2, 0.25) is 0 Å². The van der Waals surface area contributed by atoms with Gasteiger partial charge < -0.3 is 0 Å². The third-order valence-corrected chi connectivity index (χ3v) is 10.9. The van der Waals surface area contributed by atoms with Crippen LogP contribution in [0.4, 0.5) is 0 Å². The molecule has 174 valence electrons. The molecule has 0 aromatic heterocycles. The zero-order chi connectivity index (χ0) is 21.9. The van der Waals surface area contributed by atoms with E-state index in [9.17, 15) is 0 Å². The molecule has 4 aliphatic rings. The molecule has 1 aliphatic carbocycles. The lowest BCUT2D eigenvalue weighted by molar-refractivity contribution is -0.118. The topological polar surface area (TPSA) is 9.72 Å². The minimum absolute atomic E-state index is 0.287. The highest BCUT2D eigenvalue weighted by atomic mass is 15.3. The fourth-order valence-corrected chi connectivity index (χ4v) is 7.39. The summed E-state index contributed by atoms with van der Waals surface area (Å²) in [4.78, 5) is 8.23. The van der Waals surface area contributed by atoms with E-state index in [2.05, 4.69) is 70.1 Å². The van der Waals surface area contributed by atoms with Gasteiger partial charge in [-0.1, -0.05) is 13.8 Å². The molecule has 0 N–H and O–H groups in total. The molecule has 0 radical (unpaired) electrons. The number of hydrogen-bond donors (Lipinski definition) is 0. The summed E-state index contributed by atoms with van der Waals surface area (Å²) in [5.74, 6) is 0.877. The van der Waals surface area contributed by atoms with Crippen LogP contribution in [0.25, 0.3) is 0 Å². The zero-order valence-electron chi connectivity index (χ0n) is 21.6. The first-order valence-corrected chi connectivity index (χ1v) is 13.1. The summed E-state index contributed by atoms with van der Waals surface area (Å²) in [5.41, 5.74) is 1.98. The Morgan fingerprint density at radius 3 is 1.47 bits per heavy atom. The van der Waals surface area contributed by atoms with E-state index >= 15 is 0 Å². The smallest absolute Gasteiger partial charge is 0.0206 e. The van der Waals surface area contributed by atoms with Crippen LogP contribution in [-0.4, -0.2) is 71.6 Å². The molecule has 0 amide bonds. The molecule has 0 bridgehead atoms. The molecule has 3 nitrogen and oxygen atoms in total. The molecular formula is C27H51N3. The first kappa shape index (κ1) is 23.1. The minimum atomic E-state index is 0.287. The second-order valence-electron chi connectivity index (χ2n) is 13.5. The largest absolute Gasteiger partial charge is 0.300 e. The summed E-state index contributed by atoms with van der Waals surface area (Å²) >= 11 is 0. The molecule has 3 heteroatoms. The quantitative estimate of drug-likeness (QED) is 0.585. The van der Waals surface area contributed by atoms with E-state index in [1.165, 1.54) is 77.8 Å².